The van der Waals surface area contributed by atoms with Gasteiger partial charge in [-0.05, 0) is 56.7 Å². The smallest absolute Gasteiger partial charge is 0.125 e. The minimum absolute atomic E-state index is 0.0573. The first-order valence-corrected chi connectivity index (χ1v) is 9.42. The van der Waals surface area contributed by atoms with Crippen molar-refractivity contribution in [1.82, 2.24) is 15.1 Å². The van der Waals surface area contributed by atoms with Gasteiger partial charge in [0.05, 0.1) is 25.1 Å². The minimum atomic E-state index is -0.282. The van der Waals surface area contributed by atoms with E-state index in [-0.39, 0.29) is 18.5 Å². The summed E-state index contributed by atoms with van der Waals surface area (Å²) < 4.78 is 20.8. The lowest BCUT2D eigenvalue weighted by Crippen LogP contribution is -2.19. The van der Waals surface area contributed by atoms with Crippen LogP contribution in [0.4, 0.5) is 4.39 Å². The molecule has 6 heteroatoms. The maximum atomic E-state index is 13.5. The highest BCUT2D eigenvalue weighted by molar-refractivity contribution is 5.38. The van der Waals surface area contributed by atoms with Gasteiger partial charge in [-0.2, -0.15) is 5.10 Å². The summed E-state index contributed by atoms with van der Waals surface area (Å²) in [6.45, 7) is 7.12. The van der Waals surface area contributed by atoms with E-state index >= 15 is 0 Å². The van der Waals surface area contributed by atoms with Crippen molar-refractivity contribution < 1.29 is 14.2 Å². The van der Waals surface area contributed by atoms with Crippen LogP contribution in [0.5, 0.6) is 5.75 Å². The third-order valence-corrected chi connectivity index (χ3v) is 4.77. The van der Waals surface area contributed by atoms with Crippen molar-refractivity contribution in [2.45, 2.75) is 40.0 Å². The van der Waals surface area contributed by atoms with Gasteiger partial charge >= 0.3 is 0 Å². The van der Waals surface area contributed by atoms with Crippen molar-refractivity contribution in [3.8, 4) is 11.4 Å². The lowest BCUT2D eigenvalue weighted by molar-refractivity contribution is 0.267. The van der Waals surface area contributed by atoms with Crippen LogP contribution in [-0.4, -0.2) is 21.5 Å². The molecule has 148 valence electrons. The average Bonchev–Trinajstić information content (AvgIpc) is 3.08. The van der Waals surface area contributed by atoms with Gasteiger partial charge in [-0.25, -0.2) is 9.07 Å². The van der Waals surface area contributed by atoms with Crippen LogP contribution >= 0.6 is 0 Å². The van der Waals surface area contributed by atoms with Gasteiger partial charge in [-0.15, -0.1) is 0 Å². The zero-order valence-corrected chi connectivity index (χ0v) is 16.4. The Hall–Kier alpha value is -2.70. The quantitative estimate of drug-likeness (QED) is 0.616. The Morgan fingerprint density at radius 2 is 2.07 bits per heavy atom. The molecular weight excluding hydrogens is 357 g/mol. The molecule has 3 rings (SSSR count). The van der Waals surface area contributed by atoms with Gasteiger partial charge in [-0.3, -0.25) is 0 Å². The fourth-order valence-corrected chi connectivity index (χ4v) is 3.26. The fraction of sp³-hybridized carbons (Fsp3) is 0.318. The van der Waals surface area contributed by atoms with Crippen LogP contribution in [0.1, 0.15) is 42.3 Å². The number of aliphatic hydroxyl groups is 1. The van der Waals surface area contributed by atoms with Gasteiger partial charge in [0, 0.05) is 29.4 Å². The van der Waals surface area contributed by atoms with E-state index in [4.69, 9.17) is 4.74 Å². The molecule has 2 aromatic carbocycles. The van der Waals surface area contributed by atoms with E-state index in [0.717, 1.165) is 22.4 Å². The maximum Gasteiger partial charge on any atom is 0.125 e. The first-order valence-electron chi connectivity index (χ1n) is 9.42. The number of benzene rings is 2. The van der Waals surface area contributed by atoms with E-state index in [2.05, 4.69) is 17.3 Å². The van der Waals surface area contributed by atoms with Gasteiger partial charge in [0.1, 0.15) is 11.6 Å². The molecule has 1 atom stereocenters. The molecule has 5 nitrogen and oxygen atoms in total. The molecule has 0 unspecified atom stereocenters. The lowest BCUT2D eigenvalue weighted by atomic mass is 10.1. The lowest BCUT2D eigenvalue weighted by Gasteiger charge is -2.16. The molecule has 2 N–H and O–H groups in total. The summed E-state index contributed by atoms with van der Waals surface area (Å²) in [7, 11) is 0. The predicted octanol–water partition coefficient (Wildman–Crippen LogP) is 4.06. The summed E-state index contributed by atoms with van der Waals surface area (Å²) in [5, 5.41) is 17.5. The number of hydrogen-bond donors (Lipinski definition) is 2. The standard InChI is InChI=1S/C22H26FN3O2/c1-4-28-22-9-8-17(10-18(22)14-27)12-24-15(2)21-13-25-26(16(21)3)20-7-5-6-19(23)11-20/h5-11,13,15,24,27H,4,12,14H2,1-3H3/t15-/m0/s1. The molecule has 1 aromatic heterocycles. The molecular formula is C22H26FN3O2. The van der Waals surface area contributed by atoms with Crippen LogP contribution in [0.15, 0.2) is 48.7 Å². The van der Waals surface area contributed by atoms with Gasteiger partial charge in [-0.1, -0.05) is 12.1 Å². The number of ether oxygens (including phenoxy) is 1. The molecule has 0 amide bonds. The van der Waals surface area contributed by atoms with Crippen molar-refractivity contribution in [1.29, 1.82) is 0 Å². The Morgan fingerprint density at radius 3 is 2.79 bits per heavy atom. The SMILES string of the molecule is CCOc1ccc(CN[C@@H](C)c2cnn(-c3cccc(F)c3)c2C)cc1CO. The third kappa shape index (κ3) is 4.40. The highest BCUT2D eigenvalue weighted by Gasteiger charge is 2.14. The normalized spacial score (nSPS) is 12.2. The molecule has 0 radical (unpaired) electrons. The van der Waals surface area contributed by atoms with Crippen LogP contribution in [0, 0.1) is 12.7 Å². The van der Waals surface area contributed by atoms with Crippen LogP contribution < -0.4 is 10.1 Å². The summed E-state index contributed by atoms with van der Waals surface area (Å²) in [5.41, 5.74) is 4.57. The molecule has 0 saturated heterocycles. The van der Waals surface area contributed by atoms with E-state index in [1.54, 1.807) is 10.7 Å². The molecule has 3 aromatic rings. The van der Waals surface area contributed by atoms with Crippen molar-refractivity contribution in [2.24, 2.45) is 0 Å². The zero-order valence-electron chi connectivity index (χ0n) is 16.4. The molecule has 0 spiro atoms. The van der Waals surface area contributed by atoms with Gasteiger partial charge in [0.15, 0.2) is 0 Å². The molecule has 0 aliphatic heterocycles. The number of aliphatic hydroxyl groups excluding tert-OH is 1. The minimum Gasteiger partial charge on any atom is -0.494 e. The van der Waals surface area contributed by atoms with E-state index in [0.29, 0.717) is 24.6 Å². The van der Waals surface area contributed by atoms with Crippen LogP contribution in [0.2, 0.25) is 0 Å². The summed E-state index contributed by atoms with van der Waals surface area (Å²) in [5.74, 6) is 0.435. The number of nitrogens with zero attached hydrogens (tertiary/aromatic N) is 2. The van der Waals surface area contributed by atoms with E-state index in [9.17, 15) is 9.50 Å². The number of halogens is 1. The second kappa shape index (κ2) is 8.99. The first kappa shape index (κ1) is 20.0. The van der Waals surface area contributed by atoms with Crippen LogP contribution in [0.3, 0.4) is 0 Å². The molecule has 0 aliphatic rings. The van der Waals surface area contributed by atoms with Crippen molar-refractivity contribution in [2.75, 3.05) is 6.61 Å². The predicted molar refractivity (Wildman–Crippen MR) is 107 cm³/mol. The Bertz CT molecular complexity index is 939. The Balaban J connectivity index is 1.71. The Kier molecular flexibility index (Phi) is 6.44. The first-order chi connectivity index (χ1) is 13.5. The topological polar surface area (TPSA) is 59.3 Å². The van der Waals surface area contributed by atoms with Crippen molar-refractivity contribution >= 4 is 0 Å². The number of nitrogens with one attached hydrogen (secondary N) is 1. The number of aromatic nitrogens is 2. The maximum absolute atomic E-state index is 13.5. The second-order valence-corrected chi connectivity index (χ2v) is 6.71. The highest BCUT2D eigenvalue weighted by atomic mass is 19.1. The Labute approximate surface area is 164 Å². The van der Waals surface area contributed by atoms with Crippen LogP contribution in [-0.2, 0) is 13.2 Å². The summed E-state index contributed by atoms with van der Waals surface area (Å²) in [4.78, 5) is 0. The molecule has 0 bridgehead atoms. The second-order valence-electron chi connectivity index (χ2n) is 6.71. The van der Waals surface area contributed by atoms with Crippen molar-refractivity contribution in [3.63, 3.8) is 0 Å². The monoisotopic (exact) mass is 383 g/mol. The highest BCUT2D eigenvalue weighted by Crippen LogP contribution is 2.23. The number of rotatable bonds is 8. The summed E-state index contributed by atoms with van der Waals surface area (Å²) in [6.07, 6.45) is 1.81. The molecule has 0 aliphatic carbocycles. The summed E-state index contributed by atoms with van der Waals surface area (Å²) >= 11 is 0. The Morgan fingerprint density at radius 1 is 1.25 bits per heavy atom. The third-order valence-electron chi connectivity index (χ3n) is 4.77. The van der Waals surface area contributed by atoms with Gasteiger partial charge < -0.3 is 15.2 Å². The summed E-state index contributed by atoms with van der Waals surface area (Å²) in [6, 6.07) is 12.3. The fourth-order valence-electron chi connectivity index (χ4n) is 3.26. The van der Waals surface area contributed by atoms with E-state index in [1.807, 2.05) is 44.3 Å². The zero-order chi connectivity index (χ0) is 20.1. The van der Waals surface area contributed by atoms with Gasteiger partial charge in [0.2, 0.25) is 0 Å². The average molecular weight is 383 g/mol. The number of hydrogen-bond acceptors (Lipinski definition) is 4. The van der Waals surface area contributed by atoms with E-state index in [1.165, 1.54) is 12.1 Å². The molecule has 0 saturated carbocycles. The van der Waals surface area contributed by atoms with Gasteiger partial charge in [0.25, 0.3) is 0 Å². The van der Waals surface area contributed by atoms with Crippen molar-refractivity contribution in [3.05, 3.63) is 76.9 Å². The van der Waals surface area contributed by atoms with Crippen LogP contribution in [0.25, 0.3) is 5.69 Å². The van der Waals surface area contributed by atoms with E-state index < -0.39 is 0 Å². The molecule has 0 fully saturated rings. The molecule has 1 heterocycles. The largest absolute Gasteiger partial charge is 0.494 e. The molecule has 28 heavy (non-hydrogen) atoms.